The molecule has 0 saturated carbocycles. The van der Waals surface area contributed by atoms with Gasteiger partial charge in [0.05, 0.1) is 5.56 Å². The van der Waals surface area contributed by atoms with Gasteiger partial charge in [-0.15, -0.1) is 0 Å². The van der Waals surface area contributed by atoms with Crippen molar-refractivity contribution in [2.75, 3.05) is 5.43 Å². The molecular weight excluding hydrogens is 320 g/mol. The topological polar surface area (TPSA) is 73.1 Å². The summed E-state index contributed by atoms with van der Waals surface area (Å²) in [5, 5.41) is 0. The number of aryl methyl sites for hydroxylation is 2. The first-order chi connectivity index (χ1) is 9.55. The minimum absolute atomic E-state index is 0.523. The van der Waals surface area contributed by atoms with E-state index in [-0.39, 0.29) is 0 Å². The summed E-state index contributed by atoms with van der Waals surface area (Å²) >= 11 is 3.43. The second kappa shape index (κ2) is 6.19. The number of halogens is 1. The molecule has 1 heterocycles. The van der Waals surface area contributed by atoms with Gasteiger partial charge >= 0.3 is 0 Å². The van der Waals surface area contributed by atoms with E-state index in [1.807, 2.05) is 39.0 Å². The summed E-state index contributed by atoms with van der Waals surface area (Å²) in [5.41, 5.74) is 4.39. The molecule has 0 fully saturated rings. The minimum atomic E-state index is 0.523. The Morgan fingerprint density at radius 2 is 2.05 bits per heavy atom. The van der Waals surface area contributed by atoms with Crippen molar-refractivity contribution in [2.24, 2.45) is 5.84 Å². The quantitative estimate of drug-likeness (QED) is 0.660. The fourth-order valence-electron chi connectivity index (χ4n) is 1.77. The van der Waals surface area contributed by atoms with Crippen LogP contribution in [0.2, 0.25) is 0 Å². The van der Waals surface area contributed by atoms with Gasteiger partial charge in [0.1, 0.15) is 17.4 Å². The van der Waals surface area contributed by atoms with Gasteiger partial charge in [-0.05, 0) is 37.6 Å². The predicted octanol–water partition coefficient (Wildman–Crippen LogP) is 3.50. The molecule has 6 heteroatoms. The number of hydrogen-bond donors (Lipinski definition) is 2. The molecule has 0 atom stereocenters. The van der Waals surface area contributed by atoms with Crippen molar-refractivity contribution < 1.29 is 4.74 Å². The molecule has 0 aliphatic heterocycles. The molecule has 0 aliphatic carbocycles. The van der Waals surface area contributed by atoms with Crippen molar-refractivity contribution in [1.82, 2.24) is 9.97 Å². The Labute approximate surface area is 126 Å². The number of nitrogens with zero attached hydrogens (tertiary/aromatic N) is 2. The van der Waals surface area contributed by atoms with Crippen LogP contribution in [-0.2, 0) is 6.42 Å². The van der Waals surface area contributed by atoms with Crippen molar-refractivity contribution >= 4 is 21.7 Å². The number of rotatable bonds is 4. The molecule has 0 amide bonds. The van der Waals surface area contributed by atoms with Gasteiger partial charge in [-0.1, -0.05) is 22.9 Å². The predicted molar refractivity (Wildman–Crippen MR) is 82.9 cm³/mol. The highest BCUT2D eigenvalue weighted by Gasteiger charge is 2.12. The van der Waals surface area contributed by atoms with E-state index in [1.54, 1.807) is 0 Å². The molecular formula is C14H17BrN4O. The molecule has 5 nitrogen and oxygen atoms in total. The molecule has 0 radical (unpaired) electrons. The highest BCUT2D eigenvalue weighted by atomic mass is 79.9. The van der Waals surface area contributed by atoms with Crippen LogP contribution in [0, 0.1) is 13.8 Å². The number of hydrogen-bond acceptors (Lipinski definition) is 5. The van der Waals surface area contributed by atoms with Crippen molar-refractivity contribution in [2.45, 2.75) is 27.2 Å². The molecule has 0 unspecified atom stereocenters. The van der Waals surface area contributed by atoms with E-state index < -0.39 is 0 Å². The summed E-state index contributed by atoms with van der Waals surface area (Å²) in [6.07, 6.45) is 0.713. The summed E-state index contributed by atoms with van der Waals surface area (Å²) in [6, 6.07) is 5.83. The van der Waals surface area contributed by atoms with Crippen LogP contribution < -0.4 is 16.0 Å². The van der Waals surface area contributed by atoms with E-state index in [0.717, 1.165) is 21.3 Å². The average molecular weight is 337 g/mol. The zero-order valence-corrected chi connectivity index (χ0v) is 13.3. The molecule has 1 aromatic heterocycles. The minimum Gasteiger partial charge on any atom is -0.438 e. The molecule has 1 aromatic carbocycles. The van der Waals surface area contributed by atoms with Gasteiger partial charge in [0.25, 0.3) is 0 Å². The Hall–Kier alpha value is -1.66. The Kier molecular flexibility index (Phi) is 4.57. The molecule has 2 aromatic rings. The summed E-state index contributed by atoms with van der Waals surface area (Å²) in [6.45, 7) is 5.84. The van der Waals surface area contributed by atoms with Crippen LogP contribution in [0.25, 0.3) is 0 Å². The van der Waals surface area contributed by atoms with E-state index in [2.05, 4.69) is 31.3 Å². The van der Waals surface area contributed by atoms with Gasteiger partial charge in [0, 0.05) is 10.9 Å². The number of nitrogen functional groups attached to an aromatic ring is 1. The van der Waals surface area contributed by atoms with Crippen LogP contribution in [0.1, 0.15) is 23.9 Å². The summed E-state index contributed by atoms with van der Waals surface area (Å²) in [5.74, 6) is 8.04. The number of ether oxygens (including phenoxy) is 1. The molecule has 20 heavy (non-hydrogen) atoms. The molecule has 0 aliphatic rings. The average Bonchev–Trinajstić information content (AvgIpc) is 2.43. The van der Waals surface area contributed by atoms with Crippen LogP contribution in [0.15, 0.2) is 22.7 Å². The number of aromatic nitrogens is 2. The van der Waals surface area contributed by atoms with Gasteiger partial charge < -0.3 is 10.2 Å². The Morgan fingerprint density at radius 3 is 2.65 bits per heavy atom. The third kappa shape index (κ3) is 3.08. The van der Waals surface area contributed by atoms with Gasteiger partial charge in [-0.25, -0.2) is 10.8 Å². The Morgan fingerprint density at radius 1 is 1.30 bits per heavy atom. The van der Waals surface area contributed by atoms with Crippen LogP contribution in [-0.4, -0.2) is 9.97 Å². The second-order valence-electron chi connectivity index (χ2n) is 4.43. The van der Waals surface area contributed by atoms with Crippen LogP contribution in [0.3, 0.4) is 0 Å². The summed E-state index contributed by atoms with van der Waals surface area (Å²) in [4.78, 5) is 8.73. The standard InChI is InChI=1S/C14H17BrN4O/c1-4-12-17-13(19-16)9(3)14(18-12)20-11-6-5-10(15)7-8(11)2/h5-7H,4,16H2,1-3H3,(H,17,18,19). The number of nitrogens with one attached hydrogen (secondary N) is 1. The number of anilines is 1. The highest BCUT2D eigenvalue weighted by Crippen LogP contribution is 2.30. The Bertz CT molecular complexity index is 631. The van der Waals surface area contributed by atoms with Gasteiger partial charge in [0.15, 0.2) is 0 Å². The number of nitrogens with two attached hydrogens (primary N) is 1. The van der Waals surface area contributed by atoms with Gasteiger partial charge in [-0.2, -0.15) is 4.98 Å². The van der Waals surface area contributed by atoms with E-state index in [0.29, 0.717) is 23.9 Å². The molecule has 3 N–H and O–H groups in total. The first kappa shape index (κ1) is 14.7. The summed E-state index contributed by atoms with van der Waals surface area (Å²) in [7, 11) is 0. The fourth-order valence-corrected chi connectivity index (χ4v) is 2.25. The smallest absolute Gasteiger partial charge is 0.227 e. The SMILES string of the molecule is CCc1nc(NN)c(C)c(Oc2ccc(Br)cc2C)n1. The lowest BCUT2D eigenvalue weighted by atomic mass is 10.2. The third-order valence-corrected chi connectivity index (χ3v) is 3.44. The van der Waals surface area contributed by atoms with Crippen molar-refractivity contribution in [1.29, 1.82) is 0 Å². The van der Waals surface area contributed by atoms with Gasteiger partial charge in [0.2, 0.25) is 5.88 Å². The lowest BCUT2D eigenvalue weighted by Gasteiger charge is -2.13. The fraction of sp³-hybridized carbons (Fsp3) is 0.286. The first-order valence-electron chi connectivity index (χ1n) is 6.33. The van der Waals surface area contributed by atoms with Crippen molar-refractivity contribution in [3.05, 3.63) is 39.6 Å². The summed E-state index contributed by atoms with van der Waals surface area (Å²) < 4.78 is 6.93. The molecule has 0 bridgehead atoms. The maximum Gasteiger partial charge on any atom is 0.227 e. The van der Waals surface area contributed by atoms with Gasteiger partial charge in [-0.3, -0.25) is 0 Å². The molecule has 0 spiro atoms. The molecule has 2 rings (SSSR count). The van der Waals surface area contributed by atoms with E-state index in [1.165, 1.54) is 0 Å². The van der Waals surface area contributed by atoms with E-state index in [9.17, 15) is 0 Å². The highest BCUT2D eigenvalue weighted by molar-refractivity contribution is 9.10. The van der Waals surface area contributed by atoms with E-state index >= 15 is 0 Å². The lowest BCUT2D eigenvalue weighted by molar-refractivity contribution is 0.451. The van der Waals surface area contributed by atoms with Crippen LogP contribution in [0.5, 0.6) is 11.6 Å². The van der Waals surface area contributed by atoms with Crippen LogP contribution in [0.4, 0.5) is 5.82 Å². The maximum atomic E-state index is 5.91. The Balaban J connectivity index is 2.42. The monoisotopic (exact) mass is 336 g/mol. The number of benzene rings is 1. The largest absolute Gasteiger partial charge is 0.438 e. The maximum absolute atomic E-state index is 5.91. The second-order valence-corrected chi connectivity index (χ2v) is 5.34. The molecule has 0 saturated heterocycles. The zero-order chi connectivity index (χ0) is 14.7. The van der Waals surface area contributed by atoms with Crippen molar-refractivity contribution in [3.63, 3.8) is 0 Å². The third-order valence-electron chi connectivity index (χ3n) is 2.94. The number of hydrazine groups is 1. The first-order valence-corrected chi connectivity index (χ1v) is 7.12. The van der Waals surface area contributed by atoms with Crippen molar-refractivity contribution in [3.8, 4) is 11.6 Å². The van der Waals surface area contributed by atoms with Crippen LogP contribution >= 0.6 is 15.9 Å². The van der Waals surface area contributed by atoms with E-state index in [4.69, 9.17) is 10.6 Å². The zero-order valence-electron chi connectivity index (χ0n) is 11.7. The molecule has 106 valence electrons. The normalized spacial score (nSPS) is 10.4. The lowest BCUT2D eigenvalue weighted by Crippen LogP contribution is -2.13.